The van der Waals surface area contributed by atoms with Crippen molar-refractivity contribution in [3.05, 3.63) is 0 Å². The molecular weight excluding hydrogens is 124 g/mol. The van der Waals surface area contributed by atoms with Crippen molar-refractivity contribution in [2.24, 2.45) is 11.8 Å². The Labute approximate surface area is 64.8 Å². The summed E-state index contributed by atoms with van der Waals surface area (Å²) >= 11 is 0. The monoisotopic (exact) mass is 144 g/mol. The molecule has 0 aliphatic carbocycles. The van der Waals surface area contributed by atoms with Crippen LogP contribution in [0.2, 0.25) is 0 Å². The molecule has 2 unspecified atom stereocenters. The topological polar surface area (TPSA) is 9.23 Å². The number of hydrogen-bond donors (Lipinski definition) is 0. The lowest BCUT2D eigenvalue weighted by Gasteiger charge is -2.07. The van der Waals surface area contributed by atoms with Crippen LogP contribution in [0.1, 0.15) is 34.1 Å². The first-order valence-electron chi connectivity index (χ1n) is 4.42. The first-order chi connectivity index (χ1) is 4.84. The van der Waals surface area contributed by atoms with Crippen molar-refractivity contribution >= 4 is 0 Å². The lowest BCUT2D eigenvalue weighted by Crippen LogP contribution is -2.06. The van der Waals surface area contributed by atoms with Crippen molar-refractivity contribution in [2.45, 2.75) is 34.1 Å². The highest BCUT2D eigenvalue weighted by Gasteiger charge is 2.21. The van der Waals surface area contributed by atoms with E-state index in [0.29, 0.717) is 0 Å². The van der Waals surface area contributed by atoms with Crippen molar-refractivity contribution in [1.29, 1.82) is 0 Å². The van der Waals surface area contributed by atoms with Gasteiger partial charge in [-0.2, -0.15) is 0 Å². The molecule has 0 spiro atoms. The maximum atomic E-state index is 5.26. The molecule has 0 radical (unpaired) electrons. The van der Waals surface area contributed by atoms with Crippen molar-refractivity contribution in [3.63, 3.8) is 0 Å². The summed E-state index contributed by atoms with van der Waals surface area (Å²) in [6.07, 6.45) is 1.28. The summed E-state index contributed by atoms with van der Waals surface area (Å²) in [6.45, 7) is 10.5. The first-order valence-corrected chi connectivity index (χ1v) is 4.42. The first kappa shape index (κ1) is 9.96. The van der Waals surface area contributed by atoms with Gasteiger partial charge >= 0.3 is 0 Å². The fourth-order valence-corrected chi connectivity index (χ4v) is 1.23. The third-order valence-corrected chi connectivity index (χ3v) is 2.04. The van der Waals surface area contributed by atoms with Crippen LogP contribution < -0.4 is 0 Å². The van der Waals surface area contributed by atoms with E-state index in [0.717, 1.165) is 25.0 Å². The molecule has 0 amide bonds. The molecule has 1 fully saturated rings. The van der Waals surface area contributed by atoms with Gasteiger partial charge in [0.05, 0.1) is 0 Å². The second-order valence-corrected chi connectivity index (χ2v) is 2.68. The van der Waals surface area contributed by atoms with E-state index in [-0.39, 0.29) is 0 Å². The fourth-order valence-electron chi connectivity index (χ4n) is 1.23. The summed E-state index contributed by atoms with van der Waals surface area (Å²) in [5.41, 5.74) is 0. The molecule has 1 rings (SSSR count). The maximum Gasteiger partial charge on any atom is 0.0497 e. The fraction of sp³-hybridized carbons (Fsp3) is 1.00. The van der Waals surface area contributed by atoms with Gasteiger partial charge in [-0.25, -0.2) is 0 Å². The van der Waals surface area contributed by atoms with Crippen molar-refractivity contribution in [3.8, 4) is 0 Å². The van der Waals surface area contributed by atoms with Gasteiger partial charge in [-0.05, 0) is 11.8 Å². The van der Waals surface area contributed by atoms with Crippen molar-refractivity contribution in [2.75, 3.05) is 13.2 Å². The molecule has 0 aromatic carbocycles. The summed E-state index contributed by atoms with van der Waals surface area (Å²) in [5.74, 6) is 1.65. The third-order valence-electron chi connectivity index (χ3n) is 2.04. The minimum absolute atomic E-state index is 0.806. The molecule has 0 aromatic heterocycles. The summed E-state index contributed by atoms with van der Waals surface area (Å²) in [4.78, 5) is 0. The molecule has 1 aliphatic heterocycles. The molecule has 1 heterocycles. The smallest absolute Gasteiger partial charge is 0.0497 e. The van der Waals surface area contributed by atoms with E-state index >= 15 is 0 Å². The molecule has 0 bridgehead atoms. The largest absolute Gasteiger partial charge is 0.381 e. The van der Waals surface area contributed by atoms with E-state index < -0.39 is 0 Å². The molecule has 1 aliphatic rings. The van der Waals surface area contributed by atoms with Crippen molar-refractivity contribution < 1.29 is 4.74 Å². The zero-order valence-corrected chi connectivity index (χ0v) is 7.68. The van der Waals surface area contributed by atoms with Gasteiger partial charge < -0.3 is 4.74 Å². The molecule has 0 N–H and O–H groups in total. The molecule has 1 nitrogen and oxygen atoms in total. The van der Waals surface area contributed by atoms with E-state index in [1.807, 2.05) is 13.8 Å². The van der Waals surface area contributed by atoms with Crippen LogP contribution in [0.4, 0.5) is 0 Å². The Morgan fingerprint density at radius 3 is 2.10 bits per heavy atom. The van der Waals surface area contributed by atoms with E-state index in [1.165, 1.54) is 6.42 Å². The van der Waals surface area contributed by atoms with E-state index in [2.05, 4.69) is 13.8 Å². The average Bonchev–Trinajstić information content (AvgIpc) is 2.39. The van der Waals surface area contributed by atoms with Crippen LogP contribution in [0, 0.1) is 11.8 Å². The zero-order chi connectivity index (χ0) is 7.98. The van der Waals surface area contributed by atoms with Crippen LogP contribution in [-0.2, 0) is 4.74 Å². The second-order valence-electron chi connectivity index (χ2n) is 2.68. The van der Waals surface area contributed by atoms with E-state index in [9.17, 15) is 0 Å². The van der Waals surface area contributed by atoms with Crippen LogP contribution in [0.25, 0.3) is 0 Å². The van der Waals surface area contributed by atoms with Gasteiger partial charge in [0, 0.05) is 13.2 Å². The summed E-state index contributed by atoms with van der Waals surface area (Å²) < 4.78 is 5.26. The Hall–Kier alpha value is -0.0400. The Morgan fingerprint density at radius 2 is 1.90 bits per heavy atom. The third kappa shape index (κ3) is 2.70. The maximum absolute atomic E-state index is 5.26. The Morgan fingerprint density at radius 1 is 1.30 bits per heavy atom. The predicted octanol–water partition coefficient (Wildman–Crippen LogP) is 2.71. The Bertz CT molecular complexity index is 71.1. The van der Waals surface area contributed by atoms with Gasteiger partial charge in [0.25, 0.3) is 0 Å². The standard InChI is InChI=1S/C7H14O.C2H6/c1-3-7-5-8-4-6(7)2;1-2/h6-7H,3-5H2,1-2H3;1-2H3. The van der Waals surface area contributed by atoms with Gasteiger partial charge in [-0.3, -0.25) is 0 Å². The minimum Gasteiger partial charge on any atom is -0.381 e. The summed E-state index contributed by atoms with van der Waals surface area (Å²) in [5, 5.41) is 0. The number of hydrogen-bond acceptors (Lipinski definition) is 1. The van der Waals surface area contributed by atoms with Gasteiger partial charge in [-0.15, -0.1) is 0 Å². The second kappa shape index (κ2) is 5.72. The lowest BCUT2D eigenvalue weighted by molar-refractivity contribution is 0.181. The molecule has 1 heteroatoms. The van der Waals surface area contributed by atoms with Gasteiger partial charge in [0.2, 0.25) is 0 Å². The van der Waals surface area contributed by atoms with Crippen LogP contribution in [0.15, 0.2) is 0 Å². The number of rotatable bonds is 1. The molecule has 0 saturated carbocycles. The molecule has 0 aromatic rings. The number of ether oxygens (including phenoxy) is 1. The van der Waals surface area contributed by atoms with E-state index in [4.69, 9.17) is 4.74 Å². The quantitative estimate of drug-likeness (QED) is 0.550. The zero-order valence-electron chi connectivity index (χ0n) is 7.68. The molecule has 2 atom stereocenters. The normalized spacial score (nSPS) is 31.2. The van der Waals surface area contributed by atoms with Crippen LogP contribution in [-0.4, -0.2) is 13.2 Å². The van der Waals surface area contributed by atoms with Gasteiger partial charge in [0.1, 0.15) is 0 Å². The summed E-state index contributed by atoms with van der Waals surface area (Å²) in [6, 6.07) is 0. The van der Waals surface area contributed by atoms with Crippen LogP contribution in [0.3, 0.4) is 0 Å². The Balaban J connectivity index is 0.000000371. The molecule has 10 heavy (non-hydrogen) atoms. The van der Waals surface area contributed by atoms with Crippen LogP contribution >= 0.6 is 0 Å². The average molecular weight is 144 g/mol. The molecule has 1 saturated heterocycles. The predicted molar refractivity (Wildman–Crippen MR) is 45.1 cm³/mol. The van der Waals surface area contributed by atoms with Gasteiger partial charge in [0.15, 0.2) is 0 Å². The highest BCUT2D eigenvalue weighted by molar-refractivity contribution is 4.69. The highest BCUT2D eigenvalue weighted by Crippen LogP contribution is 2.21. The molecule has 62 valence electrons. The summed E-state index contributed by atoms with van der Waals surface area (Å²) in [7, 11) is 0. The minimum atomic E-state index is 0.806. The van der Waals surface area contributed by atoms with Crippen LogP contribution in [0.5, 0.6) is 0 Å². The SMILES string of the molecule is CC.CCC1COCC1C. The lowest BCUT2D eigenvalue weighted by atomic mass is 9.96. The van der Waals surface area contributed by atoms with Gasteiger partial charge in [-0.1, -0.05) is 34.1 Å². The van der Waals surface area contributed by atoms with Crippen molar-refractivity contribution in [1.82, 2.24) is 0 Å². The Kier molecular flexibility index (Phi) is 5.70. The van der Waals surface area contributed by atoms with E-state index in [1.54, 1.807) is 0 Å². The molecular formula is C9H20O. The highest BCUT2D eigenvalue weighted by atomic mass is 16.5.